The minimum Gasteiger partial charge on any atom is -0.387 e. The van der Waals surface area contributed by atoms with E-state index < -0.39 is 5.60 Å². The van der Waals surface area contributed by atoms with Crippen molar-refractivity contribution in [2.45, 2.75) is 31.9 Å². The van der Waals surface area contributed by atoms with Crippen molar-refractivity contribution in [3.05, 3.63) is 34.9 Å². The normalized spacial score (nSPS) is 17.6. The molecule has 1 amide bonds. The Morgan fingerprint density at radius 2 is 2.15 bits per heavy atom. The molecule has 0 saturated carbocycles. The SMILES string of the molecule is CCCC1(O)CN(CC(=O)NCc2ccccc2Cl)C1. The highest BCUT2D eigenvalue weighted by molar-refractivity contribution is 6.31. The third-order valence-corrected chi connectivity index (χ3v) is 3.92. The molecule has 110 valence electrons. The second kappa shape index (κ2) is 6.57. The number of rotatable bonds is 6. The number of hydrogen-bond acceptors (Lipinski definition) is 3. The van der Waals surface area contributed by atoms with E-state index >= 15 is 0 Å². The first-order valence-corrected chi connectivity index (χ1v) is 7.35. The van der Waals surface area contributed by atoms with E-state index in [1.165, 1.54) is 0 Å². The van der Waals surface area contributed by atoms with Gasteiger partial charge in [-0.15, -0.1) is 0 Å². The molecule has 20 heavy (non-hydrogen) atoms. The molecule has 2 rings (SSSR count). The summed E-state index contributed by atoms with van der Waals surface area (Å²) in [5, 5.41) is 13.6. The summed E-state index contributed by atoms with van der Waals surface area (Å²) in [4.78, 5) is 13.8. The first kappa shape index (κ1) is 15.3. The van der Waals surface area contributed by atoms with Gasteiger partial charge in [0.2, 0.25) is 5.91 Å². The van der Waals surface area contributed by atoms with Gasteiger partial charge in [-0.2, -0.15) is 0 Å². The van der Waals surface area contributed by atoms with Crippen LogP contribution >= 0.6 is 11.6 Å². The lowest BCUT2D eigenvalue weighted by atomic mass is 9.89. The fraction of sp³-hybridized carbons (Fsp3) is 0.533. The summed E-state index contributed by atoms with van der Waals surface area (Å²) in [6.07, 6.45) is 1.76. The van der Waals surface area contributed by atoms with Crippen molar-refractivity contribution in [3.63, 3.8) is 0 Å². The number of nitrogens with zero attached hydrogens (tertiary/aromatic N) is 1. The molecule has 1 aliphatic heterocycles. The van der Waals surface area contributed by atoms with Gasteiger partial charge < -0.3 is 10.4 Å². The average molecular weight is 297 g/mol. The maximum atomic E-state index is 11.8. The number of carbonyl (C=O) groups excluding carboxylic acids is 1. The van der Waals surface area contributed by atoms with Gasteiger partial charge in [0.1, 0.15) is 0 Å². The lowest BCUT2D eigenvalue weighted by Crippen LogP contribution is -2.63. The van der Waals surface area contributed by atoms with E-state index in [1.54, 1.807) is 0 Å². The second-order valence-corrected chi connectivity index (χ2v) is 5.89. The molecule has 0 spiro atoms. The van der Waals surface area contributed by atoms with Crippen molar-refractivity contribution in [1.82, 2.24) is 10.2 Å². The molecule has 1 heterocycles. The largest absolute Gasteiger partial charge is 0.387 e. The van der Waals surface area contributed by atoms with Crippen molar-refractivity contribution in [2.24, 2.45) is 0 Å². The highest BCUT2D eigenvalue weighted by Crippen LogP contribution is 2.25. The monoisotopic (exact) mass is 296 g/mol. The molecule has 1 aliphatic rings. The molecule has 0 atom stereocenters. The smallest absolute Gasteiger partial charge is 0.234 e. The molecule has 5 heteroatoms. The molecular formula is C15H21ClN2O2. The van der Waals surface area contributed by atoms with E-state index in [-0.39, 0.29) is 5.91 Å². The molecule has 1 aromatic rings. The number of halogens is 1. The van der Waals surface area contributed by atoms with Crippen LogP contribution in [0.1, 0.15) is 25.3 Å². The number of β-amino-alcohol motifs (C(OH)–C–C–N with tert-alkyl or cyclic N) is 1. The van der Waals surface area contributed by atoms with Crippen molar-refractivity contribution in [1.29, 1.82) is 0 Å². The zero-order valence-corrected chi connectivity index (χ0v) is 12.5. The van der Waals surface area contributed by atoms with Crippen LogP contribution in [0.3, 0.4) is 0 Å². The Morgan fingerprint density at radius 1 is 1.45 bits per heavy atom. The number of likely N-dealkylation sites (tertiary alicyclic amines) is 1. The Labute approximate surface area is 124 Å². The van der Waals surface area contributed by atoms with E-state index in [4.69, 9.17) is 11.6 Å². The Bertz CT molecular complexity index is 473. The van der Waals surface area contributed by atoms with Crippen LogP contribution in [0, 0.1) is 0 Å². The van der Waals surface area contributed by atoms with Crippen LogP contribution in [-0.2, 0) is 11.3 Å². The van der Waals surface area contributed by atoms with Crippen LogP contribution in [0.15, 0.2) is 24.3 Å². The van der Waals surface area contributed by atoms with Gasteiger partial charge in [-0.25, -0.2) is 0 Å². The fourth-order valence-corrected chi connectivity index (χ4v) is 2.82. The predicted molar refractivity (Wildman–Crippen MR) is 79.6 cm³/mol. The molecule has 0 bridgehead atoms. The van der Waals surface area contributed by atoms with Gasteiger partial charge in [-0.3, -0.25) is 9.69 Å². The number of amides is 1. The van der Waals surface area contributed by atoms with Crippen molar-refractivity contribution in [3.8, 4) is 0 Å². The zero-order chi connectivity index (χ0) is 14.6. The highest BCUT2D eigenvalue weighted by atomic mass is 35.5. The molecule has 1 aromatic carbocycles. The number of benzene rings is 1. The average Bonchev–Trinajstić information content (AvgIpc) is 2.36. The third kappa shape index (κ3) is 3.95. The van der Waals surface area contributed by atoms with Gasteiger partial charge in [-0.05, 0) is 18.1 Å². The minimum atomic E-state index is -0.586. The summed E-state index contributed by atoms with van der Waals surface area (Å²) in [6, 6.07) is 7.46. The summed E-state index contributed by atoms with van der Waals surface area (Å²) >= 11 is 6.03. The fourth-order valence-electron chi connectivity index (χ4n) is 2.62. The Kier molecular flexibility index (Phi) is 5.02. The summed E-state index contributed by atoms with van der Waals surface area (Å²) in [5.74, 6) is -0.0385. The summed E-state index contributed by atoms with van der Waals surface area (Å²) < 4.78 is 0. The molecule has 4 nitrogen and oxygen atoms in total. The van der Waals surface area contributed by atoms with Gasteiger partial charge in [0.15, 0.2) is 0 Å². The van der Waals surface area contributed by atoms with Gasteiger partial charge in [0.25, 0.3) is 0 Å². The lowest BCUT2D eigenvalue weighted by Gasteiger charge is -2.46. The quantitative estimate of drug-likeness (QED) is 0.842. The maximum Gasteiger partial charge on any atom is 0.234 e. The van der Waals surface area contributed by atoms with Gasteiger partial charge >= 0.3 is 0 Å². The summed E-state index contributed by atoms with van der Waals surface area (Å²) in [6.45, 7) is 3.99. The first-order chi connectivity index (χ1) is 9.52. The minimum absolute atomic E-state index is 0.0385. The summed E-state index contributed by atoms with van der Waals surface area (Å²) in [5.41, 5.74) is 0.325. The van der Waals surface area contributed by atoms with Gasteiger partial charge in [0, 0.05) is 24.7 Å². The van der Waals surface area contributed by atoms with Crippen LogP contribution in [-0.4, -0.2) is 41.1 Å². The van der Waals surface area contributed by atoms with E-state index in [2.05, 4.69) is 12.2 Å². The van der Waals surface area contributed by atoms with Crippen molar-refractivity contribution in [2.75, 3.05) is 19.6 Å². The topological polar surface area (TPSA) is 52.6 Å². The molecule has 0 aromatic heterocycles. The van der Waals surface area contributed by atoms with Crippen molar-refractivity contribution >= 4 is 17.5 Å². The van der Waals surface area contributed by atoms with E-state index in [9.17, 15) is 9.90 Å². The molecule has 0 radical (unpaired) electrons. The molecule has 2 N–H and O–H groups in total. The molecule has 0 aliphatic carbocycles. The van der Waals surface area contributed by atoms with Crippen molar-refractivity contribution < 1.29 is 9.90 Å². The van der Waals surface area contributed by atoms with Gasteiger partial charge in [0.05, 0.1) is 12.1 Å². The van der Waals surface area contributed by atoms with Crippen LogP contribution in [0.25, 0.3) is 0 Å². The van der Waals surface area contributed by atoms with E-state index in [1.807, 2.05) is 29.2 Å². The predicted octanol–water partition coefficient (Wildman–Crippen LogP) is 1.80. The number of nitrogens with one attached hydrogen (secondary N) is 1. The third-order valence-electron chi connectivity index (χ3n) is 3.55. The standard InChI is InChI=1S/C15H21ClN2O2/c1-2-7-15(20)10-18(11-15)9-14(19)17-8-12-5-3-4-6-13(12)16/h3-6,20H,2,7-11H2,1H3,(H,17,19). The first-order valence-electron chi connectivity index (χ1n) is 6.97. The van der Waals surface area contributed by atoms with Gasteiger partial charge in [-0.1, -0.05) is 43.1 Å². The van der Waals surface area contributed by atoms with E-state index in [0.29, 0.717) is 31.2 Å². The Balaban J connectivity index is 1.71. The molecule has 1 saturated heterocycles. The Hall–Kier alpha value is -1.10. The van der Waals surface area contributed by atoms with Crippen LogP contribution in [0.2, 0.25) is 5.02 Å². The molecule has 1 fully saturated rings. The molecular weight excluding hydrogens is 276 g/mol. The van der Waals surface area contributed by atoms with Crippen LogP contribution in [0.4, 0.5) is 0 Å². The van der Waals surface area contributed by atoms with Crippen LogP contribution < -0.4 is 5.32 Å². The second-order valence-electron chi connectivity index (χ2n) is 5.49. The lowest BCUT2D eigenvalue weighted by molar-refractivity contribution is -0.133. The Morgan fingerprint density at radius 3 is 2.80 bits per heavy atom. The number of hydrogen-bond donors (Lipinski definition) is 2. The highest BCUT2D eigenvalue weighted by Gasteiger charge is 2.40. The van der Waals surface area contributed by atoms with E-state index in [0.717, 1.165) is 18.4 Å². The maximum absolute atomic E-state index is 11.8. The zero-order valence-electron chi connectivity index (χ0n) is 11.7. The number of carbonyl (C=O) groups is 1. The molecule has 0 unspecified atom stereocenters. The number of aliphatic hydroxyl groups is 1. The summed E-state index contributed by atoms with van der Waals surface area (Å²) in [7, 11) is 0. The van der Waals surface area contributed by atoms with Crippen LogP contribution in [0.5, 0.6) is 0 Å².